The fourth-order valence-corrected chi connectivity index (χ4v) is 3.27. The number of aryl methyl sites for hydroxylation is 1. The highest BCUT2D eigenvalue weighted by atomic mass is 35.5. The van der Waals surface area contributed by atoms with E-state index in [0.29, 0.717) is 0 Å². The fraction of sp³-hybridized carbons (Fsp3) is 0.400. The topological polar surface area (TPSA) is 45.2 Å². The quantitative estimate of drug-likeness (QED) is 0.910. The summed E-state index contributed by atoms with van der Waals surface area (Å²) in [4.78, 5) is 19.3. The number of pyridine rings is 1. The van der Waals surface area contributed by atoms with Gasteiger partial charge in [-0.3, -0.25) is 9.78 Å². The van der Waals surface area contributed by atoms with Gasteiger partial charge in [-0.2, -0.15) is 0 Å². The molecule has 0 radical (unpaired) electrons. The van der Waals surface area contributed by atoms with E-state index in [9.17, 15) is 4.79 Å². The molecule has 134 valence electrons. The van der Waals surface area contributed by atoms with Crippen molar-refractivity contribution in [3.8, 4) is 0 Å². The molecular formula is C20H26ClN3O. The van der Waals surface area contributed by atoms with E-state index in [1.807, 2.05) is 30.2 Å². The van der Waals surface area contributed by atoms with Gasteiger partial charge in [-0.05, 0) is 36.1 Å². The highest BCUT2D eigenvalue weighted by molar-refractivity contribution is 5.85. The molecule has 0 saturated carbocycles. The number of rotatable bonds is 4. The van der Waals surface area contributed by atoms with Gasteiger partial charge in [0.1, 0.15) is 0 Å². The van der Waals surface area contributed by atoms with Crippen molar-refractivity contribution in [3.63, 3.8) is 0 Å². The molecule has 4 nitrogen and oxygen atoms in total. The number of benzene rings is 1. The molecule has 3 rings (SSSR count). The van der Waals surface area contributed by atoms with Crippen molar-refractivity contribution in [3.05, 3.63) is 65.5 Å². The molecule has 1 aliphatic rings. The number of hydrogen-bond acceptors (Lipinski definition) is 3. The first-order chi connectivity index (χ1) is 11.7. The van der Waals surface area contributed by atoms with Crippen LogP contribution in [0.25, 0.3) is 0 Å². The Bertz CT molecular complexity index is 675. The van der Waals surface area contributed by atoms with Crippen LogP contribution >= 0.6 is 12.4 Å². The second-order valence-corrected chi connectivity index (χ2v) is 6.35. The first-order valence-electron chi connectivity index (χ1n) is 8.70. The number of nitrogens with one attached hydrogen (secondary N) is 1. The molecule has 2 heterocycles. The number of hydrogen-bond donors (Lipinski definition) is 1. The molecular weight excluding hydrogens is 334 g/mol. The molecule has 25 heavy (non-hydrogen) atoms. The molecule has 1 saturated heterocycles. The largest absolute Gasteiger partial charge is 0.333 e. The minimum absolute atomic E-state index is 0. The number of carbonyl (C=O) groups is 1. The van der Waals surface area contributed by atoms with Crippen molar-refractivity contribution in [2.24, 2.45) is 0 Å². The van der Waals surface area contributed by atoms with Crippen molar-refractivity contribution in [1.29, 1.82) is 0 Å². The third-order valence-electron chi connectivity index (χ3n) is 4.85. The first-order valence-corrected chi connectivity index (χ1v) is 8.70. The Hall–Kier alpha value is -1.91. The number of halogens is 1. The summed E-state index contributed by atoms with van der Waals surface area (Å²) < 4.78 is 0. The summed E-state index contributed by atoms with van der Waals surface area (Å²) in [6.07, 6.45) is 4.64. The van der Waals surface area contributed by atoms with E-state index >= 15 is 0 Å². The first kappa shape index (κ1) is 19.4. The number of piperazine rings is 1. The van der Waals surface area contributed by atoms with Crippen molar-refractivity contribution in [2.75, 3.05) is 19.6 Å². The highest BCUT2D eigenvalue weighted by Gasteiger charge is 2.31. The molecule has 0 aliphatic carbocycles. The Labute approximate surface area is 156 Å². The monoisotopic (exact) mass is 359 g/mol. The zero-order valence-electron chi connectivity index (χ0n) is 14.8. The van der Waals surface area contributed by atoms with Gasteiger partial charge in [0.25, 0.3) is 0 Å². The lowest BCUT2D eigenvalue weighted by molar-refractivity contribution is -0.135. The minimum atomic E-state index is -0.131. The van der Waals surface area contributed by atoms with E-state index in [0.717, 1.165) is 37.2 Å². The van der Waals surface area contributed by atoms with Gasteiger partial charge >= 0.3 is 0 Å². The van der Waals surface area contributed by atoms with Gasteiger partial charge in [-0.25, -0.2) is 0 Å². The molecule has 2 atom stereocenters. The van der Waals surface area contributed by atoms with Crippen molar-refractivity contribution >= 4 is 18.3 Å². The van der Waals surface area contributed by atoms with Gasteiger partial charge in [0.15, 0.2) is 0 Å². The Balaban J connectivity index is 0.00000225. The van der Waals surface area contributed by atoms with Crippen molar-refractivity contribution < 1.29 is 4.79 Å². The van der Waals surface area contributed by atoms with Crippen molar-refractivity contribution in [2.45, 2.75) is 32.2 Å². The second kappa shape index (κ2) is 8.97. The fourth-order valence-electron chi connectivity index (χ4n) is 3.27. The predicted molar refractivity (Wildman–Crippen MR) is 103 cm³/mol. The standard InChI is InChI=1S/C20H25N3O.ClH/c1-3-16-6-8-17(9-7-16)15(2)20(24)23-12-11-22-14-19(23)18-5-4-10-21-13-18;/h4-10,13,15,19,22H,3,11-12,14H2,1-2H3;1H. The lowest BCUT2D eigenvalue weighted by atomic mass is 9.95. The summed E-state index contributed by atoms with van der Waals surface area (Å²) in [6, 6.07) is 12.4. The molecule has 5 heteroatoms. The maximum absolute atomic E-state index is 13.1. The number of amides is 1. The number of aromatic nitrogens is 1. The van der Waals surface area contributed by atoms with E-state index in [1.54, 1.807) is 6.20 Å². The molecule has 0 spiro atoms. The molecule has 2 unspecified atom stereocenters. The van der Waals surface area contributed by atoms with E-state index in [4.69, 9.17) is 0 Å². The van der Waals surface area contributed by atoms with E-state index in [2.05, 4.69) is 41.5 Å². The molecule has 1 amide bonds. The summed E-state index contributed by atoms with van der Waals surface area (Å²) >= 11 is 0. The Kier molecular flexibility index (Phi) is 6.97. The van der Waals surface area contributed by atoms with Crippen LogP contribution in [-0.2, 0) is 11.2 Å². The van der Waals surface area contributed by atoms with Crippen LogP contribution < -0.4 is 5.32 Å². The van der Waals surface area contributed by atoms with Crippen LogP contribution in [0.2, 0.25) is 0 Å². The van der Waals surface area contributed by atoms with E-state index in [-0.39, 0.29) is 30.3 Å². The third-order valence-corrected chi connectivity index (χ3v) is 4.85. The summed E-state index contributed by atoms with van der Waals surface area (Å²) in [6.45, 7) is 6.49. The molecule has 1 aliphatic heterocycles. The summed E-state index contributed by atoms with van der Waals surface area (Å²) in [5.74, 6) is 0.0581. The lowest BCUT2D eigenvalue weighted by Crippen LogP contribution is -2.49. The minimum Gasteiger partial charge on any atom is -0.333 e. The van der Waals surface area contributed by atoms with Gasteiger partial charge in [-0.1, -0.05) is 37.3 Å². The van der Waals surface area contributed by atoms with Crippen LogP contribution in [0.5, 0.6) is 0 Å². The molecule has 1 aromatic carbocycles. The summed E-state index contributed by atoms with van der Waals surface area (Å²) in [7, 11) is 0. The van der Waals surface area contributed by atoms with Gasteiger partial charge in [0, 0.05) is 32.0 Å². The van der Waals surface area contributed by atoms with Gasteiger partial charge in [-0.15, -0.1) is 12.4 Å². The van der Waals surface area contributed by atoms with Crippen LogP contribution in [0.4, 0.5) is 0 Å². The Morgan fingerprint density at radius 3 is 2.72 bits per heavy atom. The third kappa shape index (κ3) is 4.39. The SMILES string of the molecule is CCc1ccc(C(C)C(=O)N2CCNCC2c2cccnc2)cc1.Cl. The molecule has 0 bridgehead atoms. The zero-order valence-corrected chi connectivity index (χ0v) is 15.6. The molecule has 1 N–H and O–H groups in total. The number of carbonyl (C=O) groups excluding carboxylic acids is 1. The molecule has 1 aromatic heterocycles. The highest BCUT2D eigenvalue weighted by Crippen LogP contribution is 2.27. The van der Waals surface area contributed by atoms with Crippen LogP contribution in [0.15, 0.2) is 48.8 Å². The van der Waals surface area contributed by atoms with E-state index < -0.39 is 0 Å². The van der Waals surface area contributed by atoms with Crippen LogP contribution in [0, 0.1) is 0 Å². The molecule has 1 fully saturated rings. The number of nitrogens with zero attached hydrogens (tertiary/aromatic N) is 2. The Morgan fingerprint density at radius 2 is 2.08 bits per heavy atom. The Morgan fingerprint density at radius 1 is 1.32 bits per heavy atom. The maximum atomic E-state index is 13.1. The normalized spacial score (nSPS) is 18.3. The molecule has 2 aromatic rings. The smallest absolute Gasteiger partial charge is 0.230 e. The zero-order chi connectivity index (χ0) is 16.9. The summed E-state index contributed by atoms with van der Waals surface area (Å²) in [5, 5.41) is 3.39. The van der Waals surface area contributed by atoms with Crippen LogP contribution in [0.3, 0.4) is 0 Å². The van der Waals surface area contributed by atoms with Crippen LogP contribution in [-0.4, -0.2) is 35.4 Å². The van der Waals surface area contributed by atoms with Crippen LogP contribution in [0.1, 0.15) is 42.5 Å². The average molecular weight is 360 g/mol. The van der Waals surface area contributed by atoms with E-state index in [1.165, 1.54) is 5.56 Å². The van der Waals surface area contributed by atoms with Gasteiger partial charge in [0.05, 0.1) is 12.0 Å². The second-order valence-electron chi connectivity index (χ2n) is 6.35. The van der Waals surface area contributed by atoms with Gasteiger partial charge < -0.3 is 10.2 Å². The predicted octanol–water partition coefficient (Wildman–Crippen LogP) is 3.34. The summed E-state index contributed by atoms with van der Waals surface area (Å²) in [5.41, 5.74) is 3.47. The lowest BCUT2D eigenvalue weighted by Gasteiger charge is -2.38. The van der Waals surface area contributed by atoms with Gasteiger partial charge in [0.2, 0.25) is 5.91 Å². The average Bonchev–Trinajstić information content (AvgIpc) is 2.67. The van der Waals surface area contributed by atoms with Crippen molar-refractivity contribution in [1.82, 2.24) is 15.2 Å². The maximum Gasteiger partial charge on any atom is 0.230 e.